The molecule has 0 unspecified atom stereocenters. The van der Waals surface area contributed by atoms with Crippen molar-refractivity contribution in [3.05, 3.63) is 70.8 Å². The zero-order valence-corrected chi connectivity index (χ0v) is 13.0. The first-order valence-corrected chi connectivity index (χ1v) is 7.26. The van der Waals surface area contributed by atoms with Crippen molar-refractivity contribution in [2.75, 3.05) is 13.7 Å². The summed E-state index contributed by atoms with van der Waals surface area (Å²) in [4.78, 5) is 37.0. The van der Waals surface area contributed by atoms with Gasteiger partial charge in [0.15, 0.2) is 17.9 Å². The van der Waals surface area contributed by atoms with Crippen LogP contribution in [0.25, 0.3) is 0 Å². The lowest BCUT2D eigenvalue weighted by molar-refractivity contribution is 0.0973. The van der Waals surface area contributed by atoms with E-state index in [-0.39, 0.29) is 51.7 Å². The minimum atomic E-state index is -0.371. The third-order valence-corrected chi connectivity index (χ3v) is 3.85. The zero-order valence-electron chi connectivity index (χ0n) is 13.0. The van der Waals surface area contributed by atoms with Crippen LogP contribution < -0.4 is 9.47 Å². The fraction of sp³-hybridized carbons (Fsp3) is 0.105. The summed E-state index contributed by atoms with van der Waals surface area (Å²) in [5.41, 5.74) is 0.984. The molecular weight excluding hydrogens is 308 g/mol. The van der Waals surface area contributed by atoms with E-state index in [1.54, 1.807) is 24.3 Å². The molecule has 0 atom stereocenters. The molecule has 0 radical (unpaired) electrons. The molecule has 0 aromatic heterocycles. The second-order valence-corrected chi connectivity index (χ2v) is 5.17. The first kappa shape index (κ1) is 15.7. The van der Waals surface area contributed by atoms with E-state index in [0.29, 0.717) is 12.0 Å². The Balaban J connectivity index is 2.26. The number of hydrogen-bond acceptors (Lipinski definition) is 5. The van der Waals surface area contributed by atoms with Gasteiger partial charge in [0.25, 0.3) is 0 Å². The molecule has 0 heterocycles. The molecule has 2 aromatic rings. The van der Waals surface area contributed by atoms with Gasteiger partial charge in [0.1, 0.15) is 18.1 Å². The predicted molar refractivity (Wildman–Crippen MR) is 87.4 cm³/mol. The first-order valence-electron chi connectivity index (χ1n) is 7.26. The van der Waals surface area contributed by atoms with E-state index in [1.165, 1.54) is 19.2 Å². The molecular formula is C19H14O5. The van der Waals surface area contributed by atoms with Gasteiger partial charge < -0.3 is 9.47 Å². The van der Waals surface area contributed by atoms with Crippen molar-refractivity contribution >= 4 is 17.9 Å². The van der Waals surface area contributed by atoms with Crippen LogP contribution in [0.2, 0.25) is 0 Å². The van der Waals surface area contributed by atoms with Gasteiger partial charge in [-0.05, 0) is 18.2 Å². The summed E-state index contributed by atoms with van der Waals surface area (Å²) in [5.74, 6) is -0.266. The maximum Gasteiger partial charge on any atom is 0.198 e. The Hall–Kier alpha value is -3.21. The van der Waals surface area contributed by atoms with Gasteiger partial charge in [-0.1, -0.05) is 24.8 Å². The summed E-state index contributed by atoms with van der Waals surface area (Å²) in [6, 6.07) is 7.77. The smallest absolute Gasteiger partial charge is 0.198 e. The molecule has 0 bridgehead atoms. The van der Waals surface area contributed by atoms with E-state index in [0.717, 1.165) is 0 Å². The number of rotatable bonds is 5. The third-order valence-electron chi connectivity index (χ3n) is 3.85. The molecule has 0 saturated heterocycles. The lowest BCUT2D eigenvalue weighted by Crippen LogP contribution is -2.23. The van der Waals surface area contributed by atoms with E-state index >= 15 is 0 Å². The maximum absolute atomic E-state index is 12.9. The number of ketones is 2. The number of hydrogen-bond donors (Lipinski definition) is 0. The number of fused-ring (bicyclic) bond motifs is 2. The van der Waals surface area contributed by atoms with E-state index in [9.17, 15) is 14.4 Å². The third kappa shape index (κ3) is 2.22. The number of methoxy groups -OCH3 is 1. The Labute approximate surface area is 138 Å². The highest BCUT2D eigenvalue weighted by molar-refractivity contribution is 6.30. The van der Waals surface area contributed by atoms with Crippen molar-refractivity contribution in [1.29, 1.82) is 0 Å². The van der Waals surface area contributed by atoms with Gasteiger partial charge in [-0.15, -0.1) is 0 Å². The van der Waals surface area contributed by atoms with E-state index in [4.69, 9.17) is 9.47 Å². The molecule has 24 heavy (non-hydrogen) atoms. The van der Waals surface area contributed by atoms with Gasteiger partial charge in [0.05, 0.1) is 23.8 Å². The van der Waals surface area contributed by atoms with Crippen molar-refractivity contribution < 1.29 is 23.9 Å². The largest absolute Gasteiger partial charge is 0.495 e. The number of ether oxygens (including phenoxy) is 2. The summed E-state index contributed by atoms with van der Waals surface area (Å²) in [7, 11) is 1.36. The molecule has 5 heteroatoms. The van der Waals surface area contributed by atoms with Gasteiger partial charge in [0.2, 0.25) is 0 Å². The molecule has 1 aliphatic carbocycles. The lowest BCUT2D eigenvalue weighted by atomic mass is 9.82. The summed E-state index contributed by atoms with van der Waals surface area (Å²) in [5, 5.41) is 0. The van der Waals surface area contributed by atoms with Gasteiger partial charge in [-0.3, -0.25) is 14.4 Å². The van der Waals surface area contributed by atoms with Crippen molar-refractivity contribution in [3.8, 4) is 11.5 Å². The fourth-order valence-corrected chi connectivity index (χ4v) is 2.82. The lowest BCUT2D eigenvalue weighted by Gasteiger charge is -2.22. The Kier molecular flexibility index (Phi) is 4.00. The molecule has 3 rings (SSSR count). The number of carbonyl (C=O) groups excluding carboxylic acids is 3. The molecule has 1 aliphatic rings. The van der Waals surface area contributed by atoms with Crippen LogP contribution in [0.4, 0.5) is 0 Å². The highest BCUT2D eigenvalue weighted by Crippen LogP contribution is 2.38. The Morgan fingerprint density at radius 3 is 2.42 bits per heavy atom. The monoisotopic (exact) mass is 322 g/mol. The highest BCUT2D eigenvalue weighted by Gasteiger charge is 2.35. The number of carbonyl (C=O) groups is 3. The molecule has 120 valence electrons. The second-order valence-electron chi connectivity index (χ2n) is 5.17. The van der Waals surface area contributed by atoms with E-state index in [1.807, 2.05) is 0 Å². The van der Waals surface area contributed by atoms with Crippen LogP contribution in [-0.4, -0.2) is 31.6 Å². The van der Waals surface area contributed by atoms with Crippen molar-refractivity contribution in [2.24, 2.45) is 0 Å². The predicted octanol–water partition coefficient (Wildman–Crippen LogP) is 2.85. The van der Waals surface area contributed by atoms with Crippen LogP contribution in [0.5, 0.6) is 11.5 Å². The van der Waals surface area contributed by atoms with Crippen LogP contribution in [0, 0.1) is 0 Å². The van der Waals surface area contributed by atoms with E-state index < -0.39 is 0 Å². The Morgan fingerprint density at radius 2 is 1.75 bits per heavy atom. The molecule has 0 fully saturated rings. The van der Waals surface area contributed by atoms with Crippen LogP contribution in [0.15, 0.2) is 43.0 Å². The summed E-state index contributed by atoms with van der Waals surface area (Å²) < 4.78 is 10.7. The summed E-state index contributed by atoms with van der Waals surface area (Å²) >= 11 is 0. The standard InChI is InChI=1S/C19H14O5/c1-3-9-24-14-6-4-5-12-15(14)17(21)13-8-7-11(10-20)19(23-2)16(13)18(12)22/h3-8,10H,1,9H2,2H3. The summed E-state index contributed by atoms with van der Waals surface area (Å²) in [6.45, 7) is 3.79. The normalized spacial score (nSPS) is 12.2. The topological polar surface area (TPSA) is 69.7 Å². The molecule has 5 nitrogen and oxygen atoms in total. The highest BCUT2D eigenvalue weighted by atomic mass is 16.5. The van der Waals surface area contributed by atoms with Gasteiger partial charge >= 0.3 is 0 Å². The number of benzene rings is 2. The fourth-order valence-electron chi connectivity index (χ4n) is 2.82. The van der Waals surface area contributed by atoms with Gasteiger partial charge in [-0.25, -0.2) is 0 Å². The zero-order chi connectivity index (χ0) is 17.3. The Bertz CT molecular complexity index is 880. The SMILES string of the molecule is C=CCOc1cccc2c1C(=O)c1ccc(C=O)c(OC)c1C2=O. The Morgan fingerprint density at radius 1 is 1.04 bits per heavy atom. The molecule has 0 spiro atoms. The number of aldehydes is 1. The minimum Gasteiger partial charge on any atom is -0.495 e. The van der Waals surface area contributed by atoms with Crippen molar-refractivity contribution in [3.63, 3.8) is 0 Å². The van der Waals surface area contributed by atoms with Gasteiger partial charge in [-0.2, -0.15) is 0 Å². The first-order chi connectivity index (χ1) is 11.6. The summed E-state index contributed by atoms with van der Waals surface area (Å²) in [6.07, 6.45) is 2.15. The average molecular weight is 322 g/mol. The van der Waals surface area contributed by atoms with Crippen LogP contribution in [0.3, 0.4) is 0 Å². The van der Waals surface area contributed by atoms with Crippen LogP contribution in [-0.2, 0) is 0 Å². The van der Waals surface area contributed by atoms with Crippen molar-refractivity contribution in [1.82, 2.24) is 0 Å². The van der Waals surface area contributed by atoms with Crippen LogP contribution in [0.1, 0.15) is 42.2 Å². The molecule has 0 amide bonds. The van der Waals surface area contributed by atoms with Crippen molar-refractivity contribution in [2.45, 2.75) is 0 Å². The average Bonchev–Trinajstić information content (AvgIpc) is 2.62. The molecule has 0 aliphatic heterocycles. The molecule has 0 N–H and O–H groups in total. The molecule has 0 saturated carbocycles. The van der Waals surface area contributed by atoms with Crippen LogP contribution >= 0.6 is 0 Å². The quantitative estimate of drug-likeness (QED) is 0.533. The molecule has 2 aromatic carbocycles. The van der Waals surface area contributed by atoms with E-state index in [2.05, 4.69) is 6.58 Å². The second kappa shape index (κ2) is 6.12. The van der Waals surface area contributed by atoms with Gasteiger partial charge in [0, 0.05) is 11.1 Å². The maximum atomic E-state index is 12.9. The minimum absolute atomic E-state index is 0.112.